The van der Waals surface area contributed by atoms with E-state index in [4.69, 9.17) is 25.8 Å². The predicted octanol–water partition coefficient (Wildman–Crippen LogP) is -7.50. The monoisotopic (exact) mass is 505 g/mol. The summed E-state index contributed by atoms with van der Waals surface area (Å²) in [6, 6.07) is 0. The maximum Gasteiger partial charge on any atom is 1.00 e. The zero-order valence-corrected chi connectivity index (χ0v) is 29.0. The van der Waals surface area contributed by atoms with Gasteiger partial charge in [-0.05, 0) is 19.0 Å². The first-order valence-electron chi connectivity index (χ1n) is 10.8. The molecule has 0 saturated heterocycles. The van der Waals surface area contributed by atoms with Crippen LogP contribution >= 0.6 is 0 Å². The molecule has 3 N–H and O–H groups in total. The van der Waals surface area contributed by atoms with E-state index in [1.165, 1.54) is 83.5 Å². The summed E-state index contributed by atoms with van der Waals surface area (Å²) in [6.45, 7) is 2.74. The van der Waals surface area contributed by atoms with E-state index in [-0.39, 0.29) is 145 Å². The Bertz CT molecular complexity index is 324. The number of carboxylic acids is 1. The molecule has 0 amide bonds. The van der Waals surface area contributed by atoms with Crippen molar-refractivity contribution in [3.8, 4) is 0 Å². The summed E-state index contributed by atoms with van der Waals surface area (Å²) in [4.78, 5) is 18.6. The SMILES string of the molecule is CCCCCCCCCCCCCCCCCC(=O)[O-].NCCO.O=C([O-])[O-].[K+].[K+].[Na+]. The summed E-state index contributed by atoms with van der Waals surface area (Å²) in [6.07, 6.45) is 17.5. The van der Waals surface area contributed by atoms with Crippen LogP contribution in [0.4, 0.5) is 4.79 Å². The summed E-state index contributed by atoms with van der Waals surface area (Å²) in [5.74, 6) is -0.903. The van der Waals surface area contributed by atoms with Crippen LogP contribution in [0.15, 0.2) is 0 Å². The molecule has 0 aliphatic carbocycles. The number of carbonyl (C=O) groups excluding carboxylic acids is 2. The number of rotatable bonds is 17. The molecule has 0 rings (SSSR count). The fraction of sp³-hybridized carbons (Fsp3) is 0.905. The molecule has 0 heterocycles. The Kier molecular flexibility index (Phi) is 70.4. The van der Waals surface area contributed by atoms with Gasteiger partial charge in [0.25, 0.3) is 0 Å². The first-order chi connectivity index (χ1) is 13.4. The summed E-state index contributed by atoms with van der Waals surface area (Å²) >= 11 is 0. The third-order valence-corrected chi connectivity index (χ3v) is 4.11. The van der Waals surface area contributed by atoms with Crippen LogP contribution < -0.4 is 153 Å². The molecule has 0 spiro atoms. The molecule has 31 heavy (non-hydrogen) atoms. The Labute approximate surface area is 297 Å². The van der Waals surface area contributed by atoms with Crippen molar-refractivity contribution in [3.63, 3.8) is 0 Å². The number of carboxylic acid groups (broad SMARTS) is 3. The van der Waals surface area contributed by atoms with E-state index in [2.05, 4.69) is 6.92 Å². The Hall–Kier alpha value is 2.93. The van der Waals surface area contributed by atoms with Crippen molar-refractivity contribution in [2.24, 2.45) is 5.73 Å². The fourth-order valence-corrected chi connectivity index (χ4v) is 2.64. The molecule has 0 aliphatic heterocycles. The smallest absolute Gasteiger partial charge is 0.652 e. The second kappa shape index (κ2) is 46.3. The Morgan fingerprint density at radius 2 is 0.903 bits per heavy atom. The maximum atomic E-state index is 10.2. The first kappa shape index (κ1) is 47.2. The van der Waals surface area contributed by atoms with Crippen LogP contribution in [-0.4, -0.2) is 30.4 Å². The first-order valence-corrected chi connectivity index (χ1v) is 10.8. The summed E-state index contributed by atoms with van der Waals surface area (Å²) in [5, 5.41) is 34.6. The van der Waals surface area contributed by atoms with Crippen molar-refractivity contribution in [1.82, 2.24) is 0 Å². The quantitative estimate of drug-likeness (QED) is 0.147. The van der Waals surface area contributed by atoms with Gasteiger partial charge in [0, 0.05) is 12.5 Å². The van der Waals surface area contributed by atoms with E-state index < -0.39 is 12.1 Å². The Morgan fingerprint density at radius 1 is 0.677 bits per heavy atom. The number of carbonyl (C=O) groups is 2. The Balaban J connectivity index is -0.000000122. The van der Waals surface area contributed by atoms with Crippen molar-refractivity contribution in [1.29, 1.82) is 0 Å². The minimum absolute atomic E-state index is 0. The second-order valence-corrected chi connectivity index (χ2v) is 6.83. The predicted molar refractivity (Wildman–Crippen MR) is 106 cm³/mol. The molecule has 0 aromatic heterocycles. The van der Waals surface area contributed by atoms with Crippen LogP contribution in [0.25, 0.3) is 0 Å². The number of aliphatic hydroxyl groups is 1. The normalized spacial score (nSPS) is 8.74. The van der Waals surface area contributed by atoms with Crippen LogP contribution in [0.1, 0.15) is 110 Å². The minimum atomic E-state index is -2.33. The van der Waals surface area contributed by atoms with Gasteiger partial charge in [-0.1, -0.05) is 96.8 Å². The zero-order chi connectivity index (χ0) is 21.9. The number of aliphatic carboxylic acids is 1. The fourth-order valence-electron chi connectivity index (χ4n) is 2.64. The molecule has 0 aromatic rings. The van der Waals surface area contributed by atoms with Gasteiger partial charge in [-0.2, -0.15) is 0 Å². The van der Waals surface area contributed by atoms with Gasteiger partial charge in [-0.25, -0.2) is 0 Å². The molecule has 10 heteroatoms. The average Bonchev–Trinajstić information content (AvgIpc) is 2.64. The number of hydrogen-bond acceptors (Lipinski definition) is 7. The van der Waals surface area contributed by atoms with E-state index in [0.717, 1.165) is 12.8 Å². The summed E-state index contributed by atoms with van der Waals surface area (Å²) in [7, 11) is 0. The van der Waals surface area contributed by atoms with Crippen molar-refractivity contribution in [3.05, 3.63) is 0 Å². The third kappa shape index (κ3) is 71.9. The molecular formula is C21H42K2NNaO6. The second-order valence-electron chi connectivity index (χ2n) is 6.83. The molecule has 0 bridgehead atoms. The van der Waals surface area contributed by atoms with Crippen LogP contribution in [-0.2, 0) is 4.79 Å². The molecule has 0 unspecified atom stereocenters. The molecule has 0 aromatic carbocycles. The molecule has 7 nitrogen and oxygen atoms in total. The van der Waals surface area contributed by atoms with Crippen molar-refractivity contribution in [2.75, 3.05) is 13.2 Å². The number of nitrogens with two attached hydrogens (primary N) is 1. The molecule has 0 atom stereocenters. The van der Waals surface area contributed by atoms with Crippen molar-refractivity contribution in [2.45, 2.75) is 110 Å². The average molecular weight is 506 g/mol. The summed E-state index contributed by atoms with van der Waals surface area (Å²) in [5.41, 5.74) is 4.78. The van der Waals surface area contributed by atoms with Crippen LogP contribution in [0.3, 0.4) is 0 Å². The molecule has 0 saturated carbocycles. The van der Waals surface area contributed by atoms with Gasteiger partial charge in [-0.3, -0.25) is 0 Å². The van der Waals surface area contributed by atoms with Gasteiger partial charge in [0.15, 0.2) is 0 Å². The van der Waals surface area contributed by atoms with E-state index in [1.54, 1.807) is 0 Å². The zero-order valence-electron chi connectivity index (χ0n) is 20.8. The van der Waals surface area contributed by atoms with E-state index in [0.29, 0.717) is 6.54 Å². The van der Waals surface area contributed by atoms with Crippen molar-refractivity contribution < 1.29 is 162 Å². The maximum absolute atomic E-state index is 10.2. The van der Waals surface area contributed by atoms with Gasteiger partial charge >= 0.3 is 132 Å². The number of unbranched alkanes of at least 4 members (excludes halogenated alkanes) is 14. The van der Waals surface area contributed by atoms with E-state index in [1.807, 2.05) is 0 Å². The van der Waals surface area contributed by atoms with Crippen LogP contribution in [0, 0.1) is 0 Å². The topological polar surface area (TPSA) is 150 Å². The van der Waals surface area contributed by atoms with E-state index >= 15 is 0 Å². The molecule has 0 radical (unpaired) electrons. The molecule has 170 valence electrons. The van der Waals surface area contributed by atoms with Gasteiger partial charge in [0.2, 0.25) is 0 Å². The van der Waals surface area contributed by atoms with Gasteiger partial charge in [0.1, 0.15) is 0 Å². The molecule has 0 aliphatic rings. The van der Waals surface area contributed by atoms with Crippen molar-refractivity contribution >= 4 is 12.1 Å². The number of aliphatic hydroxyl groups excluding tert-OH is 1. The van der Waals surface area contributed by atoms with Crippen LogP contribution in [0.5, 0.6) is 0 Å². The van der Waals surface area contributed by atoms with E-state index in [9.17, 15) is 9.90 Å². The molecule has 0 fully saturated rings. The van der Waals surface area contributed by atoms with Crippen LogP contribution in [0.2, 0.25) is 0 Å². The van der Waals surface area contributed by atoms with Gasteiger partial charge < -0.3 is 35.7 Å². The Morgan fingerprint density at radius 3 is 1.10 bits per heavy atom. The summed E-state index contributed by atoms with van der Waals surface area (Å²) < 4.78 is 0. The third-order valence-electron chi connectivity index (χ3n) is 4.11. The molecular weight excluding hydrogens is 463 g/mol. The standard InChI is InChI=1S/C18H36O2.C2H7NO.CH2O3.2K.Na/c1-2-3-4-5-6-7-8-9-10-11-12-13-14-15-16-17-18(19)20;3-1-2-4;2-1(3)4;;;/h2-17H2,1H3,(H,19,20);4H,1-3H2;(H2,2,3,4);;;/q;;;3*+1/p-3. The number of hydrogen-bond donors (Lipinski definition) is 2. The van der Waals surface area contributed by atoms with Gasteiger partial charge in [-0.15, -0.1) is 0 Å². The largest absolute Gasteiger partial charge is 1.00 e. The van der Waals surface area contributed by atoms with Gasteiger partial charge in [0.05, 0.1) is 6.61 Å². The minimum Gasteiger partial charge on any atom is -0.652 e.